The number of carbonyl (C=O) groups excluding carboxylic acids is 1. The molecule has 1 aromatic rings. The van der Waals surface area contributed by atoms with Gasteiger partial charge in [-0.2, -0.15) is 0 Å². The molecule has 0 unspecified atom stereocenters. The summed E-state index contributed by atoms with van der Waals surface area (Å²) in [7, 11) is 0. The van der Waals surface area contributed by atoms with Crippen molar-refractivity contribution in [2.45, 2.75) is 25.8 Å². The van der Waals surface area contributed by atoms with Gasteiger partial charge in [-0.25, -0.2) is 0 Å². The minimum atomic E-state index is -0.789. The Kier molecular flexibility index (Phi) is 3.57. The molecular formula is C13H14ClNO3. The van der Waals surface area contributed by atoms with Gasteiger partial charge in [-0.15, -0.1) is 0 Å². The van der Waals surface area contributed by atoms with Crippen LogP contribution in [0.5, 0.6) is 0 Å². The van der Waals surface area contributed by atoms with Crippen molar-refractivity contribution < 1.29 is 14.7 Å². The number of benzene rings is 1. The first-order valence-corrected chi connectivity index (χ1v) is 6.15. The molecule has 5 heteroatoms. The third kappa shape index (κ3) is 2.64. The summed E-state index contributed by atoms with van der Waals surface area (Å²) in [6.45, 7) is 1.82. The summed E-state index contributed by atoms with van der Waals surface area (Å²) in [4.78, 5) is 22.6. The molecule has 4 nitrogen and oxygen atoms in total. The second kappa shape index (κ2) is 4.98. The maximum atomic E-state index is 12.0. The molecular weight excluding hydrogens is 254 g/mol. The summed E-state index contributed by atoms with van der Waals surface area (Å²) in [6.07, 6.45) is 1.02. The lowest BCUT2D eigenvalue weighted by atomic mass is 9.80. The zero-order valence-corrected chi connectivity index (χ0v) is 10.7. The number of carboxylic acid groups (broad SMARTS) is 1. The molecule has 1 saturated carbocycles. The SMILES string of the molecule is Cc1cc(Cl)ccc1C(=O)NC1CC(C(=O)O)C1. The molecule has 0 bridgehead atoms. The van der Waals surface area contributed by atoms with Crippen LogP contribution in [0.3, 0.4) is 0 Å². The number of halogens is 1. The van der Waals surface area contributed by atoms with E-state index in [1.165, 1.54) is 0 Å². The van der Waals surface area contributed by atoms with Crippen molar-refractivity contribution in [2.24, 2.45) is 5.92 Å². The monoisotopic (exact) mass is 267 g/mol. The highest BCUT2D eigenvalue weighted by Gasteiger charge is 2.35. The van der Waals surface area contributed by atoms with Crippen LogP contribution in [0.1, 0.15) is 28.8 Å². The first-order valence-electron chi connectivity index (χ1n) is 5.77. The predicted octanol–water partition coefficient (Wildman–Crippen LogP) is 2.24. The van der Waals surface area contributed by atoms with Gasteiger partial charge >= 0.3 is 5.97 Å². The molecule has 1 aliphatic rings. The molecule has 0 spiro atoms. The van der Waals surface area contributed by atoms with Crippen molar-refractivity contribution in [3.05, 3.63) is 34.3 Å². The van der Waals surface area contributed by atoms with E-state index in [1.54, 1.807) is 18.2 Å². The van der Waals surface area contributed by atoms with Gasteiger partial charge in [0, 0.05) is 16.6 Å². The Morgan fingerprint density at radius 3 is 2.61 bits per heavy atom. The first kappa shape index (κ1) is 12.9. The van der Waals surface area contributed by atoms with E-state index in [1.807, 2.05) is 6.92 Å². The van der Waals surface area contributed by atoms with Gasteiger partial charge in [0.1, 0.15) is 0 Å². The summed E-state index contributed by atoms with van der Waals surface area (Å²) in [5, 5.41) is 12.2. The number of aryl methyl sites for hydroxylation is 1. The fraction of sp³-hybridized carbons (Fsp3) is 0.385. The first-order chi connectivity index (χ1) is 8.47. The molecule has 0 heterocycles. The lowest BCUT2D eigenvalue weighted by molar-refractivity contribution is -0.145. The van der Waals surface area contributed by atoms with Crippen LogP contribution in [0, 0.1) is 12.8 Å². The number of carboxylic acids is 1. The maximum Gasteiger partial charge on any atom is 0.306 e. The van der Waals surface area contributed by atoms with E-state index >= 15 is 0 Å². The molecule has 2 N–H and O–H groups in total. The van der Waals surface area contributed by atoms with Crippen molar-refractivity contribution in [3.63, 3.8) is 0 Å². The van der Waals surface area contributed by atoms with Crippen LogP contribution in [-0.4, -0.2) is 23.0 Å². The van der Waals surface area contributed by atoms with Gasteiger partial charge in [0.2, 0.25) is 0 Å². The smallest absolute Gasteiger partial charge is 0.306 e. The van der Waals surface area contributed by atoms with Crippen molar-refractivity contribution in [3.8, 4) is 0 Å². The summed E-state index contributed by atoms with van der Waals surface area (Å²) in [5.74, 6) is -1.28. The third-order valence-corrected chi connectivity index (χ3v) is 3.49. The molecule has 1 fully saturated rings. The maximum absolute atomic E-state index is 12.0. The van der Waals surface area contributed by atoms with Crippen molar-refractivity contribution in [1.29, 1.82) is 0 Å². The van der Waals surface area contributed by atoms with Crippen LogP contribution in [0.15, 0.2) is 18.2 Å². The van der Waals surface area contributed by atoms with Crippen molar-refractivity contribution in [1.82, 2.24) is 5.32 Å². The fourth-order valence-corrected chi connectivity index (χ4v) is 2.31. The topological polar surface area (TPSA) is 66.4 Å². The van der Waals surface area contributed by atoms with Gasteiger partial charge in [-0.05, 0) is 43.5 Å². The molecule has 18 heavy (non-hydrogen) atoms. The molecule has 1 aliphatic carbocycles. The number of nitrogens with one attached hydrogen (secondary N) is 1. The second-order valence-electron chi connectivity index (χ2n) is 4.64. The molecule has 0 aliphatic heterocycles. The van der Waals surface area contributed by atoms with E-state index in [0.717, 1.165) is 5.56 Å². The van der Waals surface area contributed by atoms with Crippen LogP contribution in [0.4, 0.5) is 0 Å². The van der Waals surface area contributed by atoms with Crippen LogP contribution in [0.25, 0.3) is 0 Å². The van der Waals surface area contributed by atoms with Gasteiger partial charge in [0.15, 0.2) is 0 Å². The number of aliphatic carboxylic acids is 1. The van der Waals surface area contributed by atoms with Crippen LogP contribution >= 0.6 is 11.6 Å². The Balaban J connectivity index is 1.95. The zero-order chi connectivity index (χ0) is 13.3. The quantitative estimate of drug-likeness (QED) is 0.883. The van der Waals surface area contributed by atoms with Crippen molar-refractivity contribution in [2.75, 3.05) is 0 Å². The Bertz CT molecular complexity index is 495. The molecule has 96 valence electrons. The van der Waals surface area contributed by atoms with Crippen molar-refractivity contribution >= 4 is 23.5 Å². The largest absolute Gasteiger partial charge is 0.481 e. The number of rotatable bonds is 3. The van der Waals surface area contributed by atoms with E-state index in [4.69, 9.17) is 16.7 Å². The van der Waals surface area contributed by atoms with Gasteiger partial charge in [-0.1, -0.05) is 11.6 Å². The van der Waals surface area contributed by atoms with E-state index in [0.29, 0.717) is 23.4 Å². The molecule has 0 radical (unpaired) electrons. The lowest BCUT2D eigenvalue weighted by Crippen LogP contribution is -2.46. The molecule has 2 rings (SSSR count). The van der Waals surface area contributed by atoms with E-state index in [2.05, 4.69) is 5.32 Å². The summed E-state index contributed by atoms with van der Waals surface area (Å²) in [6, 6.07) is 5.05. The number of carbonyl (C=O) groups is 2. The van der Waals surface area contributed by atoms with Crippen LogP contribution < -0.4 is 5.32 Å². The third-order valence-electron chi connectivity index (χ3n) is 3.26. The summed E-state index contributed by atoms with van der Waals surface area (Å²) < 4.78 is 0. The van der Waals surface area contributed by atoms with Gasteiger partial charge < -0.3 is 10.4 Å². The lowest BCUT2D eigenvalue weighted by Gasteiger charge is -2.32. The molecule has 0 saturated heterocycles. The van der Waals surface area contributed by atoms with E-state index in [9.17, 15) is 9.59 Å². The second-order valence-corrected chi connectivity index (χ2v) is 5.07. The zero-order valence-electron chi connectivity index (χ0n) is 9.94. The highest BCUT2D eigenvalue weighted by molar-refractivity contribution is 6.30. The minimum absolute atomic E-state index is 0.0336. The Hall–Kier alpha value is -1.55. The number of amides is 1. The Morgan fingerprint density at radius 1 is 1.39 bits per heavy atom. The van der Waals surface area contributed by atoms with E-state index in [-0.39, 0.29) is 17.9 Å². The van der Waals surface area contributed by atoms with Crippen LogP contribution in [0.2, 0.25) is 5.02 Å². The van der Waals surface area contributed by atoms with Gasteiger partial charge in [-0.3, -0.25) is 9.59 Å². The Labute approximate surface area is 110 Å². The van der Waals surface area contributed by atoms with Crippen LogP contribution in [-0.2, 0) is 4.79 Å². The number of hydrogen-bond donors (Lipinski definition) is 2. The average molecular weight is 268 g/mol. The molecule has 0 aromatic heterocycles. The minimum Gasteiger partial charge on any atom is -0.481 e. The molecule has 1 aromatic carbocycles. The van der Waals surface area contributed by atoms with Gasteiger partial charge in [0.05, 0.1) is 5.92 Å². The standard InChI is InChI=1S/C13H14ClNO3/c1-7-4-9(14)2-3-11(7)12(16)15-10-5-8(6-10)13(17)18/h2-4,8,10H,5-6H2,1H3,(H,15,16)(H,17,18). The average Bonchev–Trinajstić information content (AvgIpc) is 2.21. The highest BCUT2D eigenvalue weighted by atomic mass is 35.5. The van der Waals surface area contributed by atoms with E-state index < -0.39 is 5.97 Å². The summed E-state index contributed by atoms with van der Waals surface area (Å²) in [5.41, 5.74) is 1.40. The van der Waals surface area contributed by atoms with Gasteiger partial charge in [0.25, 0.3) is 5.91 Å². The molecule has 0 atom stereocenters. The molecule has 1 amide bonds. The highest BCUT2D eigenvalue weighted by Crippen LogP contribution is 2.28. The number of hydrogen-bond acceptors (Lipinski definition) is 2. The summed E-state index contributed by atoms with van der Waals surface area (Å²) >= 11 is 5.82. The predicted molar refractivity (Wildman–Crippen MR) is 67.8 cm³/mol. The Morgan fingerprint density at radius 2 is 2.06 bits per heavy atom. The fourth-order valence-electron chi connectivity index (χ4n) is 2.08. The normalized spacial score (nSPS) is 22.1.